The second-order valence-corrected chi connectivity index (χ2v) is 8.75. The molecule has 31 heavy (non-hydrogen) atoms. The molecule has 9 nitrogen and oxygen atoms in total. The lowest BCUT2D eigenvalue weighted by Gasteiger charge is -2.12. The fraction of sp³-hybridized carbons (Fsp3) is 0.455. The zero-order chi connectivity index (χ0) is 21.3. The average molecular weight is 419 g/mol. The van der Waals surface area contributed by atoms with E-state index in [1.807, 2.05) is 42.9 Å². The summed E-state index contributed by atoms with van der Waals surface area (Å²) in [5.41, 5.74) is 4.59. The quantitative estimate of drug-likeness (QED) is 0.514. The van der Waals surface area contributed by atoms with E-state index in [0.29, 0.717) is 23.8 Å². The number of imidazole rings is 1. The maximum atomic E-state index is 5.49. The number of rotatable bonds is 5. The van der Waals surface area contributed by atoms with Crippen molar-refractivity contribution in [1.82, 2.24) is 29.1 Å². The van der Waals surface area contributed by atoms with Crippen LogP contribution in [0.4, 0.5) is 11.8 Å². The Balaban J connectivity index is 1.42. The van der Waals surface area contributed by atoms with Crippen LogP contribution >= 0.6 is 0 Å². The van der Waals surface area contributed by atoms with Crippen molar-refractivity contribution in [1.29, 1.82) is 0 Å². The number of anilines is 2. The van der Waals surface area contributed by atoms with E-state index in [4.69, 9.17) is 19.8 Å². The Bertz CT molecular complexity index is 1300. The predicted octanol–water partition coefficient (Wildman–Crippen LogP) is 3.13. The van der Waals surface area contributed by atoms with Gasteiger partial charge in [-0.3, -0.25) is 0 Å². The van der Waals surface area contributed by atoms with Gasteiger partial charge in [0, 0.05) is 42.7 Å². The second kappa shape index (κ2) is 6.65. The predicted molar refractivity (Wildman–Crippen MR) is 119 cm³/mol. The topological polar surface area (TPSA) is 94.2 Å². The first kappa shape index (κ1) is 18.6. The number of hydrogen-bond acceptors (Lipinski definition) is 7. The third-order valence-corrected chi connectivity index (χ3v) is 6.50. The van der Waals surface area contributed by atoms with Crippen LogP contribution in [0, 0.1) is 18.8 Å². The summed E-state index contributed by atoms with van der Waals surface area (Å²) in [4.78, 5) is 14.4. The van der Waals surface area contributed by atoms with Gasteiger partial charge in [0.2, 0.25) is 5.95 Å². The highest BCUT2D eigenvalue weighted by Crippen LogP contribution is 2.45. The van der Waals surface area contributed by atoms with Crippen LogP contribution in [-0.2, 0) is 4.74 Å². The lowest BCUT2D eigenvalue weighted by atomic mass is 10.2. The lowest BCUT2D eigenvalue weighted by molar-refractivity contribution is 0.162. The highest BCUT2D eigenvalue weighted by atomic mass is 16.5. The SMILES string of the molecule is CNc1nc(NC2C3COC[C@H]32)nn2ccc(-c3ccc4nc(C)n(C(C)C)c4n3)c12. The fourth-order valence-corrected chi connectivity index (χ4v) is 4.92. The minimum absolute atomic E-state index is 0.288. The molecular formula is C22H26N8O. The number of ether oxygens (including phenoxy) is 1. The van der Waals surface area contributed by atoms with E-state index in [1.54, 1.807) is 0 Å². The van der Waals surface area contributed by atoms with Gasteiger partial charge in [0.1, 0.15) is 16.9 Å². The fourth-order valence-electron chi connectivity index (χ4n) is 4.92. The van der Waals surface area contributed by atoms with Gasteiger partial charge in [-0.25, -0.2) is 14.5 Å². The summed E-state index contributed by atoms with van der Waals surface area (Å²) in [6.45, 7) is 7.99. The Kier molecular flexibility index (Phi) is 3.98. The number of nitrogens with zero attached hydrogens (tertiary/aromatic N) is 6. The molecule has 160 valence electrons. The van der Waals surface area contributed by atoms with Crippen LogP contribution in [0.2, 0.25) is 0 Å². The van der Waals surface area contributed by atoms with Crippen molar-refractivity contribution in [3.63, 3.8) is 0 Å². The third kappa shape index (κ3) is 2.79. The summed E-state index contributed by atoms with van der Waals surface area (Å²) >= 11 is 0. The third-order valence-electron chi connectivity index (χ3n) is 6.50. The molecular weight excluding hydrogens is 392 g/mol. The molecule has 2 unspecified atom stereocenters. The summed E-state index contributed by atoms with van der Waals surface area (Å²) in [5, 5.41) is 11.4. The van der Waals surface area contributed by atoms with Crippen molar-refractivity contribution >= 4 is 28.4 Å². The Morgan fingerprint density at radius 3 is 2.65 bits per heavy atom. The molecule has 0 aromatic carbocycles. The summed E-state index contributed by atoms with van der Waals surface area (Å²) in [5.74, 6) is 3.55. The van der Waals surface area contributed by atoms with Gasteiger partial charge in [0.25, 0.3) is 0 Å². The van der Waals surface area contributed by atoms with E-state index < -0.39 is 0 Å². The number of aromatic nitrogens is 6. The van der Waals surface area contributed by atoms with Crippen molar-refractivity contribution in [3.8, 4) is 11.3 Å². The standard InChI is InChI=1S/C22H26N8O/c1-11(2)30-12(3)24-17-6-5-16(25-21(17)30)13-7-8-29-19(13)20(23-4)27-22(28-29)26-18-14-9-31-10-15(14)18/h5-8,11,14-15,18H,9-10H2,1-4H3,(H2,23,26,27,28)/t14-,15?,18?/m1/s1. The molecule has 2 aliphatic rings. The van der Waals surface area contributed by atoms with Crippen LogP contribution in [0.3, 0.4) is 0 Å². The van der Waals surface area contributed by atoms with Crippen LogP contribution in [0.1, 0.15) is 25.7 Å². The van der Waals surface area contributed by atoms with Crippen LogP contribution in [0.15, 0.2) is 24.4 Å². The van der Waals surface area contributed by atoms with Crippen molar-refractivity contribution in [2.45, 2.75) is 32.9 Å². The maximum Gasteiger partial charge on any atom is 0.243 e. The zero-order valence-corrected chi connectivity index (χ0v) is 18.1. The molecule has 3 atom stereocenters. The van der Waals surface area contributed by atoms with Crippen LogP contribution in [0.5, 0.6) is 0 Å². The van der Waals surface area contributed by atoms with E-state index in [9.17, 15) is 0 Å². The maximum absolute atomic E-state index is 5.49. The number of nitrogens with one attached hydrogen (secondary N) is 2. The van der Waals surface area contributed by atoms with Crippen LogP contribution in [0.25, 0.3) is 27.9 Å². The summed E-state index contributed by atoms with van der Waals surface area (Å²) in [6, 6.07) is 6.80. The molecule has 1 aliphatic carbocycles. The van der Waals surface area contributed by atoms with Crippen molar-refractivity contribution in [2.24, 2.45) is 11.8 Å². The average Bonchev–Trinajstić information content (AvgIpc) is 3.18. The van der Waals surface area contributed by atoms with Gasteiger partial charge in [0.15, 0.2) is 11.5 Å². The molecule has 1 aliphatic heterocycles. The Labute approximate surface area is 179 Å². The summed E-state index contributed by atoms with van der Waals surface area (Å²) in [7, 11) is 1.89. The first-order valence-corrected chi connectivity index (χ1v) is 10.8. The van der Waals surface area contributed by atoms with E-state index in [1.165, 1.54) is 0 Å². The molecule has 0 bridgehead atoms. The second-order valence-electron chi connectivity index (χ2n) is 8.75. The highest BCUT2D eigenvalue weighted by molar-refractivity contribution is 5.89. The molecule has 1 saturated carbocycles. The monoisotopic (exact) mass is 418 g/mol. The van der Waals surface area contributed by atoms with Gasteiger partial charge in [-0.05, 0) is 39.0 Å². The van der Waals surface area contributed by atoms with Crippen molar-refractivity contribution in [3.05, 3.63) is 30.2 Å². The van der Waals surface area contributed by atoms with Gasteiger partial charge >= 0.3 is 0 Å². The molecule has 1 saturated heterocycles. The number of hydrogen-bond donors (Lipinski definition) is 2. The molecule has 0 radical (unpaired) electrons. The first-order chi connectivity index (χ1) is 15.0. The number of aryl methyl sites for hydroxylation is 1. The molecule has 4 aromatic heterocycles. The minimum atomic E-state index is 0.288. The number of pyridine rings is 1. The molecule has 0 amide bonds. The molecule has 0 spiro atoms. The molecule has 2 N–H and O–H groups in total. The molecule has 6 rings (SSSR count). The summed E-state index contributed by atoms with van der Waals surface area (Å²) in [6.07, 6.45) is 1.96. The summed E-state index contributed by atoms with van der Waals surface area (Å²) < 4.78 is 9.53. The van der Waals surface area contributed by atoms with E-state index in [-0.39, 0.29) is 6.04 Å². The molecule has 2 fully saturated rings. The van der Waals surface area contributed by atoms with Crippen molar-refractivity contribution in [2.75, 3.05) is 30.9 Å². The Hall–Kier alpha value is -3.20. The van der Waals surface area contributed by atoms with E-state index in [0.717, 1.165) is 52.8 Å². The lowest BCUT2D eigenvalue weighted by Crippen LogP contribution is -2.16. The normalized spacial score (nSPS) is 22.4. The molecule has 5 heterocycles. The Morgan fingerprint density at radius 1 is 1.10 bits per heavy atom. The van der Waals surface area contributed by atoms with E-state index >= 15 is 0 Å². The first-order valence-electron chi connectivity index (χ1n) is 10.8. The van der Waals surface area contributed by atoms with Gasteiger partial charge in [-0.1, -0.05) is 0 Å². The van der Waals surface area contributed by atoms with Gasteiger partial charge in [-0.15, -0.1) is 5.10 Å². The van der Waals surface area contributed by atoms with E-state index in [2.05, 4.69) is 34.0 Å². The largest absolute Gasteiger partial charge is 0.381 e. The van der Waals surface area contributed by atoms with Crippen molar-refractivity contribution < 1.29 is 4.74 Å². The Morgan fingerprint density at radius 2 is 1.90 bits per heavy atom. The van der Waals surface area contributed by atoms with Gasteiger partial charge < -0.3 is 19.9 Å². The van der Waals surface area contributed by atoms with Gasteiger partial charge in [-0.2, -0.15) is 4.98 Å². The number of fused-ring (bicyclic) bond motifs is 3. The highest BCUT2D eigenvalue weighted by Gasteiger charge is 2.54. The van der Waals surface area contributed by atoms with Gasteiger partial charge in [0.05, 0.1) is 18.9 Å². The van der Waals surface area contributed by atoms with Crippen LogP contribution in [-0.4, -0.2) is 55.4 Å². The zero-order valence-electron chi connectivity index (χ0n) is 18.1. The molecule has 9 heteroatoms. The minimum Gasteiger partial charge on any atom is -0.381 e. The van der Waals surface area contributed by atoms with Crippen LogP contribution < -0.4 is 10.6 Å². The smallest absolute Gasteiger partial charge is 0.243 e. The molecule has 4 aromatic rings.